The lowest BCUT2D eigenvalue weighted by molar-refractivity contribution is -0.141. The molecule has 0 unspecified atom stereocenters. The molecule has 1 heterocycles. The zero-order valence-corrected chi connectivity index (χ0v) is 6.60. The summed E-state index contributed by atoms with van der Waals surface area (Å²) in [4.78, 5) is 0. The highest BCUT2D eigenvalue weighted by Gasteiger charge is 2.36. The molecule has 1 rings (SSSR count). The Bertz CT molecular complexity index is 91.9. The zero-order valence-electron chi connectivity index (χ0n) is 6.60. The standard InChI is InChI=1S/C8H16O2/c1-2-3-4-8(5-9)6-10-7-8/h9H,2-7H2,1H3. The topological polar surface area (TPSA) is 29.5 Å². The summed E-state index contributed by atoms with van der Waals surface area (Å²) in [7, 11) is 0. The number of aliphatic hydroxyl groups is 1. The Morgan fingerprint density at radius 1 is 1.50 bits per heavy atom. The van der Waals surface area contributed by atoms with E-state index in [1.165, 1.54) is 12.8 Å². The van der Waals surface area contributed by atoms with Crippen LogP contribution in [0, 0.1) is 5.41 Å². The summed E-state index contributed by atoms with van der Waals surface area (Å²) in [6, 6.07) is 0. The van der Waals surface area contributed by atoms with Gasteiger partial charge in [-0.25, -0.2) is 0 Å². The van der Waals surface area contributed by atoms with E-state index >= 15 is 0 Å². The van der Waals surface area contributed by atoms with Gasteiger partial charge < -0.3 is 9.84 Å². The fourth-order valence-electron chi connectivity index (χ4n) is 1.26. The monoisotopic (exact) mass is 144 g/mol. The van der Waals surface area contributed by atoms with Crippen molar-refractivity contribution in [1.82, 2.24) is 0 Å². The second-order valence-electron chi connectivity index (χ2n) is 3.25. The van der Waals surface area contributed by atoms with E-state index in [1.807, 2.05) is 0 Å². The molecule has 0 aromatic heterocycles. The molecule has 1 aliphatic rings. The van der Waals surface area contributed by atoms with E-state index in [9.17, 15) is 0 Å². The van der Waals surface area contributed by atoms with Crippen LogP contribution in [-0.2, 0) is 4.74 Å². The maximum Gasteiger partial charge on any atom is 0.0566 e. The maximum absolute atomic E-state index is 8.98. The molecule has 0 atom stereocenters. The number of ether oxygens (including phenoxy) is 1. The molecule has 0 aromatic carbocycles. The van der Waals surface area contributed by atoms with E-state index < -0.39 is 0 Å². The number of rotatable bonds is 4. The summed E-state index contributed by atoms with van der Waals surface area (Å²) in [6.07, 6.45) is 3.55. The summed E-state index contributed by atoms with van der Waals surface area (Å²) in [5.41, 5.74) is 0.149. The van der Waals surface area contributed by atoms with Gasteiger partial charge in [-0.1, -0.05) is 19.8 Å². The van der Waals surface area contributed by atoms with Gasteiger partial charge in [0.2, 0.25) is 0 Å². The lowest BCUT2D eigenvalue weighted by atomic mass is 9.82. The molecule has 60 valence electrons. The predicted molar refractivity (Wildman–Crippen MR) is 39.9 cm³/mol. The Hall–Kier alpha value is -0.0800. The zero-order chi connectivity index (χ0) is 7.45. The molecular formula is C8H16O2. The normalized spacial score (nSPS) is 22.2. The Kier molecular flexibility index (Phi) is 2.69. The second-order valence-corrected chi connectivity index (χ2v) is 3.25. The van der Waals surface area contributed by atoms with Crippen LogP contribution in [0.3, 0.4) is 0 Å². The molecule has 1 N–H and O–H groups in total. The van der Waals surface area contributed by atoms with Crippen molar-refractivity contribution in [2.75, 3.05) is 19.8 Å². The first-order valence-corrected chi connectivity index (χ1v) is 4.01. The minimum atomic E-state index is 0.149. The highest BCUT2D eigenvalue weighted by atomic mass is 16.5. The van der Waals surface area contributed by atoms with Crippen molar-refractivity contribution in [3.63, 3.8) is 0 Å². The van der Waals surface area contributed by atoms with Gasteiger partial charge in [-0.3, -0.25) is 0 Å². The Balaban J connectivity index is 2.20. The van der Waals surface area contributed by atoms with Crippen LogP contribution >= 0.6 is 0 Å². The van der Waals surface area contributed by atoms with Gasteiger partial charge in [0, 0.05) is 5.41 Å². The summed E-state index contributed by atoms with van der Waals surface area (Å²) in [5.74, 6) is 0. The van der Waals surface area contributed by atoms with Crippen molar-refractivity contribution in [3.8, 4) is 0 Å². The molecule has 1 fully saturated rings. The first-order chi connectivity index (χ1) is 4.83. The summed E-state index contributed by atoms with van der Waals surface area (Å²) < 4.78 is 5.07. The maximum atomic E-state index is 8.98. The Morgan fingerprint density at radius 3 is 2.50 bits per heavy atom. The smallest absolute Gasteiger partial charge is 0.0566 e. The Morgan fingerprint density at radius 2 is 2.20 bits per heavy atom. The van der Waals surface area contributed by atoms with Crippen LogP contribution in [0.15, 0.2) is 0 Å². The molecule has 2 nitrogen and oxygen atoms in total. The molecule has 0 radical (unpaired) electrons. The third kappa shape index (κ3) is 1.50. The van der Waals surface area contributed by atoms with E-state index in [0.29, 0.717) is 6.61 Å². The number of unbranched alkanes of at least 4 members (excludes halogenated alkanes) is 1. The summed E-state index contributed by atoms with van der Waals surface area (Å²) in [5, 5.41) is 8.98. The molecule has 0 aromatic rings. The number of aliphatic hydroxyl groups excluding tert-OH is 1. The van der Waals surface area contributed by atoms with Crippen LogP contribution in [0.1, 0.15) is 26.2 Å². The van der Waals surface area contributed by atoms with E-state index in [2.05, 4.69) is 6.92 Å². The fourth-order valence-corrected chi connectivity index (χ4v) is 1.26. The van der Waals surface area contributed by atoms with Gasteiger partial charge >= 0.3 is 0 Å². The van der Waals surface area contributed by atoms with Gasteiger partial charge in [0.15, 0.2) is 0 Å². The van der Waals surface area contributed by atoms with E-state index in [-0.39, 0.29) is 5.41 Å². The SMILES string of the molecule is CCCCC1(CO)COC1. The van der Waals surface area contributed by atoms with Crippen LogP contribution in [0.2, 0.25) is 0 Å². The lowest BCUT2D eigenvalue weighted by Crippen LogP contribution is -2.45. The van der Waals surface area contributed by atoms with E-state index in [1.54, 1.807) is 0 Å². The molecule has 0 spiro atoms. The third-order valence-electron chi connectivity index (χ3n) is 2.21. The van der Waals surface area contributed by atoms with E-state index in [0.717, 1.165) is 19.6 Å². The van der Waals surface area contributed by atoms with Gasteiger partial charge in [-0.15, -0.1) is 0 Å². The average Bonchev–Trinajstić information content (AvgIpc) is 1.87. The van der Waals surface area contributed by atoms with Crippen LogP contribution in [-0.4, -0.2) is 24.9 Å². The molecule has 0 bridgehead atoms. The highest BCUT2D eigenvalue weighted by molar-refractivity contribution is 4.84. The first kappa shape index (κ1) is 8.02. The highest BCUT2D eigenvalue weighted by Crippen LogP contribution is 2.32. The van der Waals surface area contributed by atoms with Gasteiger partial charge in [0.05, 0.1) is 19.8 Å². The van der Waals surface area contributed by atoms with Crippen molar-refractivity contribution < 1.29 is 9.84 Å². The van der Waals surface area contributed by atoms with Crippen molar-refractivity contribution >= 4 is 0 Å². The van der Waals surface area contributed by atoms with Crippen molar-refractivity contribution in [1.29, 1.82) is 0 Å². The molecule has 0 aliphatic carbocycles. The fraction of sp³-hybridized carbons (Fsp3) is 1.00. The van der Waals surface area contributed by atoms with Crippen molar-refractivity contribution in [3.05, 3.63) is 0 Å². The quantitative estimate of drug-likeness (QED) is 0.642. The molecule has 10 heavy (non-hydrogen) atoms. The lowest BCUT2D eigenvalue weighted by Gasteiger charge is -2.39. The van der Waals surface area contributed by atoms with Crippen LogP contribution in [0.5, 0.6) is 0 Å². The van der Waals surface area contributed by atoms with Gasteiger partial charge in [0.1, 0.15) is 0 Å². The molecule has 0 saturated carbocycles. The van der Waals surface area contributed by atoms with Gasteiger partial charge in [-0.05, 0) is 6.42 Å². The van der Waals surface area contributed by atoms with Crippen LogP contribution in [0.4, 0.5) is 0 Å². The number of hydrogen-bond acceptors (Lipinski definition) is 2. The van der Waals surface area contributed by atoms with Crippen LogP contribution in [0.25, 0.3) is 0 Å². The Labute approximate surface area is 62.2 Å². The largest absolute Gasteiger partial charge is 0.396 e. The van der Waals surface area contributed by atoms with E-state index in [4.69, 9.17) is 9.84 Å². The minimum absolute atomic E-state index is 0.149. The van der Waals surface area contributed by atoms with Gasteiger partial charge in [0.25, 0.3) is 0 Å². The minimum Gasteiger partial charge on any atom is -0.396 e. The van der Waals surface area contributed by atoms with Gasteiger partial charge in [-0.2, -0.15) is 0 Å². The molecule has 0 amide bonds. The third-order valence-corrected chi connectivity index (χ3v) is 2.21. The van der Waals surface area contributed by atoms with Crippen molar-refractivity contribution in [2.45, 2.75) is 26.2 Å². The molecule has 1 saturated heterocycles. The predicted octanol–water partition coefficient (Wildman–Crippen LogP) is 1.19. The number of hydrogen-bond donors (Lipinski definition) is 1. The van der Waals surface area contributed by atoms with Crippen molar-refractivity contribution in [2.24, 2.45) is 5.41 Å². The first-order valence-electron chi connectivity index (χ1n) is 4.01. The van der Waals surface area contributed by atoms with Crippen LogP contribution < -0.4 is 0 Å². The summed E-state index contributed by atoms with van der Waals surface area (Å²) >= 11 is 0. The summed E-state index contributed by atoms with van der Waals surface area (Å²) in [6.45, 7) is 4.00. The molecule has 1 aliphatic heterocycles. The second kappa shape index (κ2) is 3.35. The molecular weight excluding hydrogens is 128 g/mol. The average molecular weight is 144 g/mol. The molecule has 2 heteroatoms.